The normalized spacial score (nSPS) is 14.8. The highest BCUT2D eigenvalue weighted by atomic mass is 35.5. The second kappa shape index (κ2) is 8.76. The van der Waals surface area contributed by atoms with Crippen LogP contribution in [-0.4, -0.2) is 27.1 Å². The average molecular weight is 435 g/mol. The predicted molar refractivity (Wildman–Crippen MR) is 118 cm³/mol. The summed E-state index contributed by atoms with van der Waals surface area (Å²) >= 11 is 6.05. The third kappa shape index (κ3) is 5.31. The molecule has 1 aliphatic carbocycles. The molecular formula is C22H27ClN2O3S. The zero-order valence-electron chi connectivity index (χ0n) is 17.0. The second-order valence-corrected chi connectivity index (χ2v) is 10.1. The zero-order chi connectivity index (χ0) is 21.2. The van der Waals surface area contributed by atoms with E-state index in [0.717, 1.165) is 34.5 Å². The van der Waals surface area contributed by atoms with E-state index >= 15 is 0 Å². The Morgan fingerprint density at radius 2 is 1.83 bits per heavy atom. The number of anilines is 1. The standard InChI is InChI=1S/C22H27ClN2O3S/c1-15-8-11-20(23)13-21(15)25(29(3,27)28)14-22(26)24-16(2)18-10-9-17-6-4-5-7-19(17)12-18/h8-13,16H,4-7,14H2,1-3H3,(H,24,26). The zero-order valence-corrected chi connectivity index (χ0v) is 18.6. The summed E-state index contributed by atoms with van der Waals surface area (Å²) in [4.78, 5) is 12.7. The van der Waals surface area contributed by atoms with Gasteiger partial charge in [-0.1, -0.05) is 35.9 Å². The lowest BCUT2D eigenvalue weighted by Gasteiger charge is -2.25. The van der Waals surface area contributed by atoms with E-state index in [1.807, 2.05) is 13.0 Å². The highest BCUT2D eigenvalue weighted by Crippen LogP contribution is 2.27. The second-order valence-electron chi connectivity index (χ2n) is 7.72. The Bertz CT molecular complexity index is 1020. The lowest BCUT2D eigenvalue weighted by molar-refractivity contribution is -0.120. The van der Waals surface area contributed by atoms with Crippen LogP contribution in [0, 0.1) is 6.92 Å². The van der Waals surface area contributed by atoms with Crippen molar-refractivity contribution in [2.24, 2.45) is 0 Å². The van der Waals surface area contributed by atoms with Gasteiger partial charge in [-0.3, -0.25) is 9.10 Å². The van der Waals surface area contributed by atoms with Crippen molar-refractivity contribution >= 4 is 33.2 Å². The van der Waals surface area contributed by atoms with Crippen LogP contribution in [0.3, 0.4) is 0 Å². The molecule has 0 saturated heterocycles. The molecule has 5 nitrogen and oxygen atoms in total. The van der Waals surface area contributed by atoms with Crippen molar-refractivity contribution in [1.29, 1.82) is 0 Å². The molecular weight excluding hydrogens is 408 g/mol. The number of hydrogen-bond donors (Lipinski definition) is 1. The number of rotatable bonds is 6. The quantitative estimate of drug-likeness (QED) is 0.741. The Labute approximate surface area is 178 Å². The molecule has 0 heterocycles. The third-order valence-electron chi connectivity index (χ3n) is 5.38. The van der Waals surface area contributed by atoms with Crippen LogP contribution < -0.4 is 9.62 Å². The summed E-state index contributed by atoms with van der Waals surface area (Å²) in [6.45, 7) is 3.41. The Hall–Kier alpha value is -2.05. The summed E-state index contributed by atoms with van der Waals surface area (Å²) in [5, 5.41) is 3.35. The molecule has 1 N–H and O–H groups in total. The van der Waals surface area contributed by atoms with Crippen LogP contribution in [0.1, 0.15) is 48.1 Å². The number of nitrogens with zero attached hydrogens (tertiary/aromatic N) is 1. The Balaban J connectivity index is 1.76. The van der Waals surface area contributed by atoms with Gasteiger partial charge in [0.2, 0.25) is 15.9 Å². The summed E-state index contributed by atoms with van der Waals surface area (Å²) in [5.74, 6) is -0.361. The number of nitrogens with one attached hydrogen (secondary N) is 1. The average Bonchev–Trinajstić information content (AvgIpc) is 2.67. The molecule has 156 valence electrons. The number of halogens is 1. The fourth-order valence-corrected chi connectivity index (χ4v) is 4.83. The van der Waals surface area contributed by atoms with Gasteiger partial charge in [0.25, 0.3) is 0 Å². The molecule has 0 saturated carbocycles. The summed E-state index contributed by atoms with van der Waals surface area (Å²) in [5.41, 5.74) is 4.91. The van der Waals surface area contributed by atoms with E-state index < -0.39 is 10.0 Å². The van der Waals surface area contributed by atoms with Gasteiger partial charge in [0, 0.05) is 5.02 Å². The first-order valence-corrected chi connectivity index (χ1v) is 12.0. The minimum Gasteiger partial charge on any atom is -0.348 e. The lowest BCUT2D eigenvalue weighted by atomic mass is 9.89. The minimum atomic E-state index is -3.65. The maximum Gasteiger partial charge on any atom is 0.241 e. The molecule has 0 fully saturated rings. The highest BCUT2D eigenvalue weighted by Gasteiger charge is 2.24. The van der Waals surface area contributed by atoms with Gasteiger partial charge in [0.05, 0.1) is 18.0 Å². The van der Waals surface area contributed by atoms with Gasteiger partial charge in [0.15, 0.2) is 0 Å². The highest BCUT2D eigenvalue weighted by molar-refractivity contribution is 7.92. The van der Waals surface area contributed by atoms with Crippen LogP contribution in [0.25, 0.3) is 0 Å². The fraction of sp³-hybridized carbons (Fsp3) is 0.409. The SMILES string of the molecule is Cc1ccc(Cl)cc1N(CC(=O)NC(C)c1ccc2c(c1)CCCC2)S(C)(=O)=O. The first kappa shape index (κ1) is 21.7. The summed E-state index contributed by atoms with van der Waals surface area (Å²) in [6, 6.07) is 11.1. The molecule has 0 bridgehead atoms. The number of fused-ring (bicyclic) bond motifs is 1. The molecule has 3 rings (SSSR count). The number of carbonyl (C=O) groups excluding carboxylic acids is 1. The Morgan fingerprint density at radius 1 is 1.14 bits per heavy atom. The number of benzene rings is 2. The first-order valence-electron chi connectivity index (χ1n) is 9.80. The van der Waals surface area contributed by atoms with E-state index in [-0.39, 0.29) is 18.5 Å². The van der Waals surface area contributed by atoms with Gasteiger partial charge in [-0.2, -0.15) is 0 Å². The lowest BCUT2D eigenvalue weighted by Crippen LogP contribution is -2.41. The predicted octanol–water partition coefficient (Wildman–Crippen LogP) is 4.17. The van der Waals surface area contributed by atoms with Crippen LogP contribution in [0.5, 0.6) is 0 Å². The van der Waals surface area contributed by atoms with Crippen LogP contribution in [0.2, 0.25) is 5.02 Å². The largest absolute Gasteiger partial charge is 0.348 e. The van der Waals surface area contributed by atoms with Crippen molar-refractivity contribution < 1.29 is 13.2 Å². The van der Waals surface area contributed by atoms with Crippen molar-refractivity contribution in [2.75, 3.05) is 17.1 Å². The van der Waals surface area contributed by atoms with Crippen molar-refractivity contribution in [3.63, 3.8) is 0 Å². The van der Waals surface area contributed by atoms with Gasteiger partial charge in [-0.15, -0.1) is 0 Å². The molecule has 1 unspecified atom stereocenters. The molecule has 0 radical (unpaired) electrons. The Kier molecular flexibility index (Phi) is 6.54. The number of amides is 1. The summed E-state index contributed by atoms with van der Waals surface area (Å²) in [7, 11) is -3.65. The van der Waals surface area contributed by atoms with E-state index in [2.05, 4.69) is 17.4 Å². The summed E-state index contributed by atoms with van der Waals surface area (Å²) < 4.78 is 25.8. The van der Waals surface area contributed by atoms with Gasteiger partial charge < -0.3 is 5.32 Å². The van der Waals surface area contributed by atoms with Gasteiger partial charge in [0.1, 0.15) is 6.54 Å². The molecule has 0 spiro atoms. The smallest absolute Gasteiger partial charge is 0.241 e. The van der Waals surface area contributed by atoms with E-state index in [0.29, 0.717) is 10.7 Å². The van der Waals surface area contributed by atoms with Crippen molar-refractivity contribution in [3.05, 3.63) is 63.7 Å². The molecule has 2 aromatic carbocycles. The Morgan fingerprint density at radius 3 is 2.52 bits per heavy atom. The molecule has 1 amide bonds. The first-order chi connectivity index (χ1) is 13.6. The molecule has 0 aliphatic heterocycles. The summed E-state index contributed by atoms with van der Waals surface area (Å²) in [6.07, 6.45) is 5.69. The minimum absolute atomic E-state index is 0.211. The van der Waals surface area contributed by atoms with E-state index in [1.54, 1.807) is 25.1 Å². The number of sulfonamides is 1. The fourth-order valence-electron chi connectivity index (χ4n) is 3.76. The van der Waals surface area contributed by atoms with Gasteiger partial charge in [-0.05, 0) is 73.9 Å². The van der Waals surface area contributed by atoms with Crippen LogP contribution in [0.15, 0.2) is 36.4 Å². The van der Waals surface area contributed by atoms with Gasteiger partial charge >= 0.3 is 0 Å². The van der Waals surface area contributed by atoms with Crippen molar-refractivity contribution in [3.8, 4) is 0 Å². The third-order valence-corrected chi connectivity index (χ3v) is 6.74. The maximum atomic E-state index is 12.7. The van der Waals surface area contributed by atoms with Gasteiger partial charge in [-0.25, -0.2) is 8.42 Å². The topological polar surface area (TPSA) is 66.5 Å². The van der Waals surface area contributed by atoms with Crippen LogP contribution in [-0.2, 0) is 27.7 Å². The number of carbonyl (C=O) groups is 1. The maximum absolute atomic E-state index is 12.7. The molecule has 7 heteroatoms. The van der Waals surface area contributed by atoms with Crippen LogP contribution >= 0.6 is 11.6 Å². The van der Waals surface area contributed by atoms with Crippen LogP contribution in [0.4, 0.5) is 5.69 Å². The molecule has 1 atom stereocenters. The van der Waals surface area contributed by atoms with E-state index in [9.17, 15) is 13.2 Å². The van der Waals surface area contributed by atoms with Crippen molar-refractivity contribution in [1.82, 2.24) is 5.32 Å². The molecule has 2 aromatic rings. The van der Waals surface area contributed by atoms with Crippen molar-refractivity contribution in [2.45, 2.75) is 45.6 Å². The van der Waals surface area contributed by atoms with E-state index in [4.69, 9.17) is 11.6 Å². The molecule has 29 heavy (non-hydrogen) atoms. The number of aryl methyl sites for hydroxylation is 3. The van der Waals surface area contributed by atoms with E-state index in [1.165, 1.54) is 24.0 Å². The monoisotopic (exact) mass is 434 g/mol. The molecule has 0 aromatic heterocycles. The number of hydrogen-bond acceptors (Lipinski definition) is 3. The molecule has 1 aliphatic rings.